The van der Waals surface area contributed by atoms with E-state index in [-0.39, 0.29) is 12.3 Å². The molecule has 0 aliphatic rings. The van der Waals surface area contributed by atoms with E-state index in [1.165, 1.54) is 5.56 Å². The molecule has 28 heavy (non-hydrogen) atoms. The summed E-state index contributed by atoms with van der Waals surface area (Å²) in [6.07, 6.45) is 2.97. The second kappa shape index (κ2) is 7.87. The van der Waals surface area contributed by atoms with E-state index in [2.05, 4.69) is 48.6 Å². The molecular weight excluding hydrogens is 348 g/mol. The largest absolute Gasteiger partial charge is 0.464 e. The molecule has 0 aliphatic heterocycles. The Morgan fingerprint density at radius 1 is 1.00 bits per heavy atom. The van der Waals surface area contributed by atoms with Crippen molar-refractivity contribution in [2.75, 3.05) is 26.0 Å². The first-order valence-electron chi connectivity index (χ1n) is 9.51. The van der Waals surface area contributed by atoms with Crippen LogP contribution in [0.5, 0.6) is 0 Å². The molecule has 1 N–H and O–H groups in total. The number of nitrogens with one attached hydrogen (secondary N) is 1. The lowest BCUT2D eigenvalue weighted by Gasteiger charge is -2.10. The molecule has 0 saturated carbocycles. The lowest BCUT2D eigenvalue weighted by Crippen LogP contribution is -2.15. The molecule has 4 nitrogen and oxygen atoms in total. The number of carbonyl (C=O) groups excluding carboxylic acids is 1. The number of anilines is 1. The van der Waals surface area contributed by atoms with Gasteiger partial charge in [-0.25, -0.2) is 0 Å². The Morgan fingerprint density at radius 3 is 2.57 bits per heavy atom. The summed E-state index contributed by atoms with van der Waals surface area (Å²) in [5, 5.41) is 6.27. The van der Waals surface area contributed by atoms with Gasteiger partial charge in [-0.2, -0.15) is 0 Å². The van der Waals surface area contributed by atoms with Gasteiger partial charge in [0, 0.05) is 23.2 Å². The fourth-order valence-corrected chi connectivity index (χ4v) is 3.49. The molecule has 0 aliphatic carbocycles. The molecule has 0 saturated heterocycles. The molecule has 0 spiro atoms. The molecule has 142 valence electrons. The van der Waals surface area contributed by atoms with Crippen LogP contribution in [0.3, 0.4) is 0 Å². The molecule has 4 aromatic rings. The maximum atomic E-state index is 12.6. The Bertz CT molecular complexity index is 1110. The summed E-state index contributed by atoms with van der Waals surface area (Å²) in [6.45, 7) is 1.01. The number of benzene rings is 3. The summed E-state index contributed by atoms with van der Waals surface area (Å²) in [5.41, 5.74) is 3.80. The molecule has 0 radical (unpaired) electrons. The van der Waals surface area contributed by atoms with Crippen LogP contribution in [0.2, 0.25) is 0 Å². The van der Waals surface area contributed by atoms with Crippen LogP contribution >= 0.6 is 0 Å². The number of fused-ring (bicyclic) bond motifs is 3. The highest BCUT2D eigenvalue weighted by molar-refractivity contribution is 6.09. The summed E-state index contributed by atoms with van der Waals surface area (Å²) >= 11 is 0. The van der Waals surface area contributed by atoms with Gasteiger partial charge in [0.15, 0.2) is 0 Å². The van der Waals surface area contributed by atoms with E-state index in [1.807, 2.05) is 36.4 Å². The standard InChI is InChI=1S/C24H24N2O2/c1-26(2)14-13-17-7-10-20(11-8-17)25-23(27)15-19-16-28-22-12-9-18-5-3-4-6-21(18)24(19)22/h3-12,16H,13-15H2,1-2H3,(H,25,27). The van der Waals surface area contributed by atoms with Crippen LogP contribution in [0, 0.1) is 0 Å². The van der Waals surface area contributed by atoms with E-state index in [4.69, 9.17) is 4.42 Å². The Hall–Kier alpha value is -3.11. The number of furan rings is 1. The zero-order chi connectivity index (χ0) is 19.5. The normalized spacial score (nSPS) is 11.4. The maximum absolute atomic E-state index is 12.6. The van der Waals surface area contributed by atoms with Crippen LogP contribution in [0.4, 0.5) is 5.69 Å². The van der Waals surface area contributed by atoms with Gasteiger partial charge in [0.05, 0.1) is 12.7 Å². The average Bonchev–Trinajstić information content (AvgIpc) is 3.10. The van der Waals surface area contributed by atoms with Crippen LogP contribution in [-0.4, -0.2) is 31.4 Å². The average molecular weight is 372 g/mol. The van der Waals surface area contributed by atoms with Crippen molar-refractivity contribution in [2.24, 2.45) is 0 Å². The topological polar surface area (TPSA) is 45.5 Å². The first-order valence-corrected chi connectivity index (χ1v) is 9.51. The molecule has 4 rings (SSSR count). The Kier molecular flexibility index (Phi) is 5.13. The second-order valence-electron chi connectivity index (χ2n) is 7.40. The van der Waals surface area contributed by atoms with Gasteiger partial charge in [-0.1, -0.05) is 42.5 Å². The van der Waals surface area contributed by atoms with Crippen LogP contribution in [0.1, 0.15) is 11.1 Å². The fraction of sp³-hybridized carbons (Fsp3) is 0.208. The molecule has 4 heteroatoms. The van der Waals surface area contributed by atoms with E-state index < -0.39 is 0 Å². The zero-order valence-electron chi connectivity index (χ0n) is 16.2. The highest BCUT2D eigenvalue weighted by Crippen LogP contribution is 2.30. The quantitative estimate of drug-likeness (QED) is 0.525. The van der Waals surface area contributed by atoms with Crippen molar-refractivity contribution in [3.63, 3.8) is 0 Å². The van der Waals surface area contributed by atoms with Crippen LogP contribution in [0.15, 0.2) is 71.3 Å². The Balaban J connectivity index is 1.49. The summed E-state index contributed by atoms with van der Waals surface area (Å²) in [4.78, 5) is 14.8. The SMILES string of the molecule is CN(C)CCc1ccc(NC(=O)Cc2coc3ccc4ccccc4c23)cc1. The number of hydrogen-bond donors (Lipinski definition) is 1. The van der Waals surface area contributed by atoms with Crippen molar-refractivity contribution in [3.8, 4) is 0 Å². The summed E-state index contributed by atoms with van der Waals surface area (Å²) in [7, 11) is 4.13. The number of rotatable bonds is 6. The monoisotopic (exact) mass is 372 g/mol. The predicted molar refractivity (Wildman–Crippen MR) is 115 cm³/mol. The van der Waals surface area contributed by atoms with E-state index in [9.17, 15) is 4.79 Å². The molecule has 3 aromatic carbocycles. The van der Waals surface area contributed by atoms with Crippen molar-refractivity contribution in [1.82, 2.24) is 4.90 Å². The van der Waals surface area contributed by atoms with Crippen molar-refractivity contribution >= 4 is 33.3 Å². The minimum absolute atomic E-state index is 0.0447. The van der Waals surface area contributed by atoms with Gasteiger partial charge in [0.1, 0.15) is 5.58 Å². The lowest BCUT2D eigenvalue weighted by atomic mass is 10.0. The summed E-state index contributed by atoms with van der Waals surface area (Å²) in [5.74, 6) is -0.0447. The molecule has 1 amide bonds. The Labute approximate surface area is 164 Å². The predicted octanol–water partition coefficient (Wildman–Crippen LogP) is 4.87. The molecule has 1 heterocycles. The number of carbonyl (C=O) groups is 1. The number of hydrogen-bond acceptors (Lipinski definition) is 3. The van der Waals surface area contributed by atoms with Gasteiger partial charge < -0.3 is 14.6 Å². The van der Waals surface area contributed by atoms with Crippen molar-refractivity contribution in [1.29, 1.82) is 0 Å². The first kappa shape index (κ1) is 18.3. The van der Waals surface area contributed by atoms with E-state index in [0.29, 0.717) is 0 Å². The van der Waals surface area contributed by atoms with Gasteiger partial charge in [-0.15, -0.1) is 0 Å². The highest BCUT2D eigenvalue weighted by atomic mass is 16.3. The Morgan fingerprint density at radius 2 is 1.79 bits per heavy atom. The third kappa shape index (κ3) is 3.92. The van der Waals surface area contributed by atoms with E-state index >= 15 is 0 Å². The van der Waals surface area contributed by atoms with Gasteiger partial charge in [-0.05, 0) is 55.1 Å². The van der Waals surface area contributed by atoms with E-state index in [0.717, 1.165) is 46.0 Å². The smallest absolute Gasteiger partial charge is 0.228 e. The van der Waals surface area contributed by atoms with E-state index in [1.54, 1.807) is 6.26 Å². The third-order valence-corrected chi connectivity index (χ3v) is 4.98. The lowest BCUT2D eigenvalue weighted by molar-refractivity contribution is -0.115. The highest BCUT2D eigenvalue weighted by Gasteiger charge is 2.13. The van der Waals surface area contributed by atoms with Crippen molar-refractivity contribution in [2.45, 2.75) is 12.8 Å². The zero-order valence-corrected chi connectivity index (χ0v) is 16.2. The maximum Gasteiger partial charge on any atom is 0.228 e. The van der Waals surface area contributed by atoms with Crippen LogP contribution in [-0.2, 0) is 17.6 Å². The molecule has 0 unspecified atom stereocenters. The fourth-order valence-electron chi connectivity index (χ4n) is 3.49. The molecule has 0 atom stereocenters. The van der Waals surface area contributed by atoms with Gasteiger partial charge in [0.25, 0.3) is 0 Å². The number of nitrogens with zero attached hydrogens (tertiary/aromatic N) is 1. The van der Waals surface area contributed by atoms with Crippen molar-refractivity contribution < 1.29 is 9.21 Å². The molecule has 0 bridgehead atoms. The molecule has 1 aromatic heterocycles. The van der Waals surface area contributed by atoms with Gasteiger partial charge in [-0.3, -0.25) is 4.79 Å². The molecular formula is C24H24N2O2. The number of likely N-dealkylation sites (N-methyl/N-ethyl adjacent to an activating group) is 1. The van der Waals surface area contributed by atoms with Crippen molar-refractivity contribution in [3.05, 3.63) is 78.1 Å². The minimum Gasteiger partial charge on any atom is -0.464 e. The second-order valence-corrected chi connectivity index (χ2v) is 7.40. The van der Waals surface area contributed by atoms with Gasteiger partial charge in [0.2, 0.25) is 5.91 Å². The minimum atomic E-state index is -0.0447. The first-order chi connectivity index (χ1) is 13.6. The third-order valence-electron chi connectivity index (χ3n) is 4.98. The van der Waals surface area contributed by atoms with Gasteiger partial charge >= 0.3 is 0 Å². The summed E-state index contributed by atoms with van der Waals surface area (Å²) < 4.78 is 5.69. The van der Waals surface area contributed by atoms with Crippen LogP contribution < -0.4 is 5.32 Å². The summed E-state index contributed by atoms with van der Waals surface area (Å²) in [6, 6.07) is 20.2. The van der Waals surface area contributed by atoms with Crippen LogP contribution in [0.25, 0.3) is 21.7 Å². The molecule has 0 fully saturated rings. The number of amides is 1.